The van der Waals surface area contributed by atoms with Crippen LogP contribution < -0.4 is 0 Å². The van der Waals surface area contributed by atoms with Gasteiger partial charge in [-0.3, -0.25) is 9.69 Å². The summed E-state index contributed by atoms with van der Waals surface area (Å²) in [6.07, 6.45) is 2.92. The van der Waals surface area contributed by atoms with Crippen molar-refractivity contribution in [2.24, 2.45) is 0 Å². The van der Waals surface area contributed by atoms with Crippen LogP contribution in [-0.4, -0.2) is 85.2 Å². The van der Waals surface area contributed by atoms with Crippen molar-refractivity contribution in [3.8, 4) is 0 Å². The van der Waals surface area contributed by atoms with Gasteiger partial charge in [0.15, 0.2) is 0 Å². The molecule has 2 aliphatic rings. The molecule has 0 aromatic carbocycles. The van der Waals surface area contributed by atoms with Crippen LogP contribution in [0.2, 0.25) is 0 Å². The number of nitrogens with zero attached hydrogens (tertiary/aromatic N) is 3. The van der Waals surface area contributed by atoms with Gasteiger partial charge in [-0.05, 0) is 53.8 Å². The molecule has 1 amide bonds. The maximum Gasteiger partial charge on any atom is 0.239 e. The van der Waals surface area contributed by atoms with Crippen LogP contribution in [0.4, 0.5) is 0 Å². The Balaban J connectivity index is 1.79. The summed E-state index contributed by atoms with van der Waals surface area (Å²) in [5.41, 5.74) is 0. The number of carbonyl (C=O) groups excluding carboxylic acids is 1. The van der Waals surface area contributed by atoms with Gasteiger partial charge in [0, 0.05) is 26.2 Å². The van der Waals surface area contributed by atoms with Gasteiger partial charge >= 0.3 is 0 Å². The van der Waals surface area contributed by atoms with Crippen molar-refractivity contribution < 1.29 is 9.53 Å². The molecule has 2 saturated heterocycles. The first-order valence-electron chi connectivity index (χ1n) is 8.34. The SMILES string of the molecule is C[C@@H]1CN(C(=O)[C@H](C)N(C)CCN2CCCC2)C[C@H](C)O1. The van der Waals surface area contributed by atoms with Crippen LogP contribution in [0.5, 0.6) is 0 Å². The number of ether oxygens (including phenoxy) is 1. The first-order chi connectivity index (χ1) is 9.97. The van der Waals surface area contributed by atoms with E-state index in [1.165, 1.54) is 25.9 Å². The van der Waals surface area contributed by atoms with Crippen molar-refractivity contribution in [2.45, 2.75) is 51.9 Å². The van der Waals surface area contributed by atoms with Gasteiger partial charge < -0.3 is 14.5 Å². The summed E-state index contributed by atoms with van der Waals surface area (Å²) >= 11 is 0. The summed E-state index contributed by atoms with van der Waals surface area (Å²) in [5, 5.41) is 0. The Kier molecular flexibility index (Phi) is 6.02. The van der Waals surface area contributed by atoms with Crippen LogP contribution in [0.3, 0.4) is 0 Å². The smallest absolute Gasteiger partial charge is 0.239 e. The fourth-order valence-corrected chi connectivity index (χ4v) is 3.31. The molecular weight excluding hydrogens is 266 g/mol. The number of rotatable bonds is 5. The van der Waals surface area contributed by atoms with Crippen molar-refractivity contribution >= 4 is 5.91 Å². The summed E-state index contributed by atoms with van der Waals surface area (Å²) in [6, 6.07) is -0.0508. The number of amides is 1. The number of morpholine rings is 1. The van der Waals surface area contributed by atoms with Gasteiger partial charge in [0.25, 0.3) is 0 Å². The zero-order valence-electron chi connectivity index (χ0n) is 14.0. The fourth-order valence-electron chi connectivity index (χ4n) is 3.31. The van der Waals surface area contributed by atoms with Crippen molar-refractivity contribution in [1.82, 2.24) is 14.7 Å². The highest BCUT2D eigenvalue weighted by molar-refractivity contribution is 5.81. The number of hydrogen-bond donors (Lipinski definition) is 0. The van der Waals surface area contributed by atoms with Crippen LogP contribution in [0.15, 0.2) is 0 Å². The van der Waals surface area contributed by atoms with Gasteiger partial charge in [-0.15, -0.1) is 0 Å². The van der Waals surface area contributed by atoms with Crippen molar-refractivity contribution in [3.05, 3.63) is 0 Å². The van der Waals surface area contributed by atoms with Crippen LogP contribution in [0.25, 0.3) is 0 Å². The average molecular weight is 297 g/mol. The molecule has 2 heterocycles. The molecule has 2 rings (SSSR count). The second-order valence-corrected chi connectivity index (χ2v) is 6.71. The Morgan fingerprint density at radius 1 is 1.24 bits per heavy atom. The lowest BCUT2D eigenvalue weighted by Gasteiger charge is -2.38. The van der Waals surface area contributed by atoms with Crippen LogP contribution in [0.1, 0.15) is 33.6 Å². The largest absolute Gasteiger partial charge is 0.372 e. The summed E-state index contributed by atoms with van der Waals surface area (Å²) in [5.74, 6) is 0.237. The first kappa shape index (κ1) is 16.7. The van der Waals surface area contributed by atoms with E-state index in [9.17, 15) is 4.79 Å². The highest BCUT2D eigenvalue weighted by Crippen LogP contribution is 2.13. The quantitative estimate of drug-likeness (QED) is 0.760. The van der Waals surface area contributed by atoms with Crippen LogP contribution in [-0.2, 0) is 9.53 Å². The number of hydrogen-bond acceptors (Lipinski definition) is 4. The van der Waals surface area contributed by atoms with E-state index in [1.807, 2.05) is 25.7 Å². The average Bonchev–Trinajstić information content (AvgIpc) is 2.95. The zero-order chi connectivity index (χ0) is 15.4. The highest BCUT2D eigenvalue weighted by atomic mass is 16.5. The Hall–Kier alpha value is -0.650. The molecule has 0 N–H and O–H groups in total. The minimum Gasteiger partial charge on any atom is -0.372 e. The monoisotopic (exact) mass is 297 g/mol. The first-order valence-corrected chi connectivity index (χ1v) is 8.34. The van der Waals surface area contributed by atoms with Gasteiger partial charge in [0.1, 0.15) is 0 Å². The Labute approximate surface area is 129 Å². The molecule has 0 spiro atoms. The van der Waals surface area contributed by atoms with Crippen molar-refractivity contribution in [2.75, 3.05) is 46.3 Å². The molecule has 3 atom stereocenters. The highest BCUT2D eigenvalue weighted by Gasteiger charge is 2.30. The third-order valence-corrected chi connectivity index (χ3v) is 4.72. The van der Waals surface area contributed by atoms with E-state index in [2.05, 4.69) is 16.8 Å². The van der Waals surface area contributed by atoms with Gasteiger partial charge in [-0.25, -0.2) is 0 Å². The molecule has 0 bridgehead atoms. The summed E-state index contributed by atoms with van der Waals surface area (Å²) < 4.78 is 5.71. The molecule has 5 heteroatoms. The maximum atomic E-state index is 12.6. The molecule has 21 heavy (non-hydrogen) atoms. The predicted octanol–water partition coefficient (Wildman–Crippen LogP) is 1.04. The van der Waals surface area contributed by atoms with E-state index >= 15 is 0 Å². The van der Waals surface area contributed by atoms with Crippen LogP contribution >= 0.6 is 0 Å². The number of likely N-dealkylation sites (tertiary alicyclic amines) is 1. The van der Waals surface area contributed by atoms with E-state index in [4.69, 9.17) is 4.74 Å². The molecule has 0 aromatic rings. The fraction of sp³-hybridized carbons (Fsp3) is 0.938. The van der Waals surface area contributed by atoms with Gasteiger partial charge in [0.05, 0.1) is 18.2 Å². The third-order valence-electron chi connectivity index (χ3n) is 4.72. The van der Waals surface area contributed by atoms with E-state index in [-0.39, 0.29) is 24.2 Å². The zero-order valence-corrected chi connectivity index (χ0v) is 14.0. The molecule has 0 unspecified atom stereocenters. The molecule has 0 aromatic heterocycles. The minimum absolute atomic E-state index is 0.0508. The topological polar surface area (TPSA) is 36.0 Å². The molecule has 2 aliphatic heterocycles. The standard InChI is InChI=1S/C16H31N3O2/c1-13-11-19(12-14(2)21-13)16(20)15(3)17(4)9-10-18-7-5-6-8-18/h13-15H,5-12H2,1-4H3/t13-,14+,15-/m0/s1. The predicted molar refractivity (Wildman–Crippen MR) is 84.4 cm³/mol. The lowest BCUT2D eigenvalue weighted by molar-refractivity contribution is -0.147. The summed E-state index contributed by atoms with van der Waals surface area (Å²) in [6.45, 7) is 12.0. The molecule has 2 fully saturated rings. The molecule has 5 nitrogen and oxygen atoms in total. The summed E-state index contributed by atoms with van der Waals surface area (Å²) in [4.78, 5) is 19.3. The van der Waals surface area contributed by atoms with E-state index < -0.39 is 0 Å². The lowest BCUT2D eigenvalue weighted by atomic mass is 10.2. The molecular formula is C16H31N3O2. The molecule has 122 valence electrons. The van der Waals surface area contributed by atoms with E-state index in [0.717, 1.165) is 13.1 Å². The second kappa shape index (κ2) is 7.56. The molecule has 0 radical (unpaired) electrons. The third kappa shape index (κ3) is 4.66. The normalized spacial score (nSPS) is 29.1. The molecule has 0 aliphatic carbocycles. The minimum atomic E-state index is -0.0508. The Morgan fingerprint density at radius 3 is 2.38 bits per heavy atom. The Bertz CT molecular complexity index is 334. The maximum absolute atomic E-state index is 12.6. The Morgan fingerprint density at radius 2 is 1.81 bits per heavy atom. The number of likely N-dealkylation sites (N-methyl/N-ethyl adjacent to an activating group) is 1. The van der Waals surface area contributed by atoms with Crippen molar-refractivity contribution in [3.63, 3.8) is 0 Å². The van der Waals surface area contributed by atoms with Gasteiger partial charge in [0.2, 0.25) is 5.91 Å². The van der Waals surface area contributed by atoms with Gasteiger partial charge in [-0.1, -0.05) is 0 Å². The van der Waals surface area contributed by atoms with Crippen LogP contribution in [0, 0.1) is 0 Å². The van der Waals surface area contributed by atoms with E-state index in [1.54, 1.807) is 0 Å². The van der Waals surface area contributed by atoms with E-state index in [0.29, 0.717) is 13.1 Å². The lowest BCUT2D eigenvalue weighted by Crippen LogP contribution is -2.54. The van der Waals surface area contributed by atoms with Gasteiger partial charge in [-0.2, -0.15) is 0 Å². The molecule has 0 saturated carbocycles. The number of carbonyl (C=O) groups is 1. The second-order valence-electron chi connectivity index (χ2n) is 6.71. The summed E-state index contributed by atoms with van der Waals surface area (Å²) in [7, 11) is 2.06. The van der Waals surface area contributed by atoms with Crippen molar-refractivity contribution in [1.29, 1.82) is 0 Å².